The third-order valence-electron chi connectivity index (χ3n) is 4.14. The van der Waals surface area contributed by atoms with E-state index >= 15 is 0 Å². The van der Waals surface area contributed by atoms with Crippen LogP contribution in [-0.2, 0) is 4.74 Å². The normalized spacial score (nSPS) is 18.9. The Balaban J connectivity index is 2.13. The molecule has 0 bridgehead atoms. The van der Waals surface area contributed by atoms with Gasteiger partial charge in [-0.1, -0.05) is 6.92 Å². The lowest BCUT2D eigenvalue weighted by Crippen LogP contribution is -2.37. The summed E-state index contributed by atoms with van der Waals surface area (Å²) >= 11 is 0. The predicted molar refractivity (Wildman–Crippen MR) is 95.5 cm³/mol. The van der Waals surface area contributed by atoms with Gasteiger partial charge < -0.3 is 19.7 Å². The van der Waals surface area contributed by atoms with Crippen molar-refractivity contribution in [2.45, 2.75) is 52.2 Å². The second-order valence-electron chi connectivity index (χ2n) is 7.36. The molecule has 2 heterocycles. The lowest BCUT2D eigenvalue weighted by Gasteiger charge is -2.27. The van der Waals surface area contributed by atoms with Crippen LogP contribution in [0.2, 0.25) is 0 Å². The molecular weight excluding hydrogens is 320 g/mol. The van der Waals surface area contributed by atoms with E-state index in [4.69, 9.17) is 9.47 Å². The Bertz CT molecular complexity index is 574. The fourth-order valence-electron chi connectivity index (χ4n) is 3.04. The highest BCUT2D eigenvalue weighted by atomic mass is 16.6. The number of nitrogens with zero attached hydrogens (tertiary/aromatic N) is 3. The number of hydrogen-bond donors (Lipinski definition) is 1. The zero-order chi connectivity index (χ0) is 18.4. The van der Waals surface area contributed by atoms with E-state index in [1.54, 1.807) is 24.4 Å². The molecule has 0 aromatic carbocycles. The van der Waals surface area contributed by atoms with Gasteiger partial charge in [0, 0.05) is 25.5 Å². The van der Waals surface area contributed by atoms with Crippen molar-refractivity contribution >= 4 is 6.09 Å². The molecule has 1 N–H and O–H groups in total. The molecule has 0 aliphatic carbocycles. The van der Waals surface area contributed by atoms with E-state index in [1.165, 1.54) is 0 Å². The lowest BCUT2D eigenvalue weighted by molar-refractivity contribution is 0.0285. The number of carbonyl (C=O) groups is 1. The second-order valence-corrected chi connectivity index (χ2v) is 7.36. The number of rotatable bonds is 6. The smallest absolute Gasteiger partial charge is 0.410 e. The van der Waals surface area contributed by atoms with Gasteiger partial charge in [-0.3, -0.25) is 4.98 Å². The summed E-state index contributed by atoms with van der Waals surface area (Å²) in [5.74, 6) is 0.775. The van der Waals surface area contributed by atoms with E-state index < -0.39 is 5.60 Å². The minimum Gasteiger partial charge on any atom is -0.480 e. The molecule has 1 aliphatic rings. The summed E-state index contributed by atoms with van der Waals surface area (Å²) in [5.41, 5.74) is 0.317. The van der Waals surface area contributed by atoms with Crippen LogP contribution in [0.15, 0.2) is 12.4 Å². The molecule has 2 atom stereocenters. The van der Waals surface area contributed by atoms with Crippen molar-refractivity contribution in [3.63, 3.8) is 0 Å². The van der Waals surface area contributed by atoms with Gasteiger partial charge in [0.1, 0.15) is 11.3 Å². The van der Waals surface area contributed by atoms with Crippen molar-refractivity contribution in [1.29, 1.82) is 0 Å². The first-order valence-corrected chi connectivity index (χ1v) is 8.92. The van der Waals surface area contributed by atoms with E-state index in [-0.39, 0.29) is 18.1 Å². The van der Waals surface area contributed by atoms with Gasteiger partial charge in [-0.15, -0.1) is 0 Å². The van der Waals surface area contributed by atoms with Gasteiger partial charge in [0.25, 0.3) is 0 Å². The topological polar surface area (TPSA) is 76.6 Å². The van der Waals surface area contributed by atoms with Gasteiger partial charge >= 0.3 is 6.09 Å². The average molecular weight is 350 g/mol. The summed E-state index contributed by atoms with van der Waals surface area (Å²) in [7, 11) is 1.60. The van der Waals surface area contributed by atoms with Crippen molar-refractivity contribution < 1.29 is 14.3 Å². The zero-order valence-electron chi connectivity index (χ0n) is 15.9. The van der Waals surface area contributed by atoms with Crippen molar-refractivity contribution in [2.24, 2.45) is 5.92 Å². The van der Waals surface area contributed by atoms with Crippen molar-refractivity contribution in [3.05, 3.63) is 18.1 Å². The molecule has 1 aromatic rings. The summed E-state index contributed by atoms with van der Waals surface area (Å²) in [6, 6.07) is -0.00367. The Labute approximate surface area is 150 Å². The summed E-state index contributed by atoms with van der Waals surface area (Å²) in [6.07, 6.45) is 4.96. The Morgan fingerprint density at radius 3 is 2.76 bits per heavy atom. The maximum absolute atomic E-state index is 12.3. The molecule has 1 amide bonds. The highest BCUT2D eigenvalue weighted by molar-refractivity contribution is 5.68. The van der Waals surface area contributed by atoms with Gasteiger partial charge in [-0.2, -0.15) is 0 Å². The minimum atomic E-state index is -0.483. The SMILES string of the molecule is CCCNC(c1nccnc1OC)C1CCN(C(=O)OC(C)(C)C)C1. The summed E-state index contributed by atoms with van der Waals surface area (Å²) in [5, 5.41) is 3.55. The van der Waals surface area contributed by atoms with Crippen LogP contribution in [0.1, 0.15) is 52.3 Å². The molecular formula is C18H30N4O3. The molecule has 140 valence electrons. The Kier molecular flexibility index (Phi) is 6.58. The molecule has 0 radical (unpaired) electrons. The fourth-order valence-corrected chi connectivity index (χ4v) is 3.04. The van der Waals surface area contributed by atoms with Crippen molar-refractivity contribution in [3.8, 4) is 5.88 Å². The molecule has 2 unspecified atom stereocenters. The molecule has 1 fully saturated rings. The first kappa shape index (κ1) is 19.4. The average Bonchev–Trinajstić information content (AvgIpc) is 3.04. The molecule has 25 heavy (non-hydrogen) atoms. The second kappa shape index (κ2) is 8.47. The summed E-state index contributed by atoms with van der Waals surface area (Å²) in [4.78, 5) is 22.9. The first-order chi connectivity index (χ1) is 11.9. The Hall–Kier alpha value is -1.89. The zero-order valence-corrected chi connectivity index (χ0v) is 15.9. The van der Waals surface area contributed by atoms with E-state index in [1.807, 2.05) is 20.8 Å². The monoisotopic (exact) mass is 350 g/mol. The largest absolute Gasteiger partial charge is 0.480 e. The molecule has 1 aliphatic heterocycles. The van der Waals surface area contributed by atoms with Crippen LogP contribution < -0.4 is 10.1 Å². The van der Waals surface area contributed by atoms with Crippen LogP contribution in [0.5, 0.6) is 5.88 Å². The number of aromatic nitrogens is 2. The molecule has 7 nitrogen and oxygen atoms in total. The number of ether oxygens (including phenoxy) is 2. The van der Waals surface area contributed by atoms with Crippen LogP contribution in [0, 0.1) is 5.92 Å². The van der Waals surface area contributed by atoms with Gasteiger partial charge in [0.05, 0.1) is 13.2 Å². The van der Waals surface area contributed by atoms with E-state index in [9.17, 15) is 4.79 Å². The Morgan fingerprint density at radius 2 is 2.12 bits per heavy atom. The minimum absolute atomic E-state index is 0.00367. The fraction of sp³-hybridized carbons (Fsp3) is 0.722. The standard InChI is InChI=1S/C18H30N4O3/c1-6-8-19-14(15-16(24-5)21-10-9-20-15)13-7-11-22(12-13)17(23)25-18(2,3)4/h9-10,13-14,19H,6-8,11-12H2,1-5H3. The molecule has 1 saturated heterocycles. The maximum Gasteiger partial charge on any atom is 0.410 e. The van der Waals surface area contributed by atoms with E-state index in [2.05, 4.69) is 22.2 Å². The van der Waals surface area contributed by atoms with Gasteiger partial charge in [-0.25, -0.2) is 9.78 Å². The molecule has 0 saturated carbocycles. The highest BCUT2D eigenvalue weighted by Crippen LogP contribution is 2.33. The van der Waals surface area contributed by atoms with Gasteiger partial charge in [0.2, 0.25) is 5.88 Å². The van der Waals surface area contributed by atoms with E-state index in [0.29, 0.717) is 19.0 Å². The van der Waals surface area contributed by atoms with Gasteiger partial charge in [-0.05, 0) is 46.1 Å². The number of nitrogens with one attached hydrogen (secondary N) is 1. The molecule has 0 spiro atoms. The van der Waals surface area contributed by atoms with Crippen LogP contribution in [0.3, 0.4) is 0 Å². The first-order valence-electron chi connectivity index (χ1n) is 8.92. The lowest BCUT2D eigenvalue weighted by atomic mass is 9.95. The van der Waals surface area contributed by atoms with Crippen LogP contribution >= 0.6 is 0 Å². The molecule has 1 aromatic heterocycles. The third-order valence-corrected chi connectivity index (χ3v) is 4.14. The molecule has 7 heteroatoms. The number of likely N-dealkylation sites (tertiary alicyclic amines) is 1. The number of amides is 1. The quantitative estimate of drug-likeness (QED) is 0.850. The van der Waals surface area contributed by atoms with Crippen molar-refractivity contribution in [1.82, 2.24) is 20.2 Å². The van der Waals surface area contributed by atoms with Crippen molar-refractivity contribution in [2.75, 3.05) is 26.7 Å². The van der Waals surface area contributed by atoms with Crippen LogP contribution in [0.4, 0.5) is 4.79 Å². The van der Waals surface area contributed by atoms with Crippen LogP contribution in [-0.4, -0.2) is 53.3 Å². The number of methoxy groups -OCH3 is 1. The van der Waals surface area contributed by atoms with E-state index in [0.717, 1.165) is 25.1 Å². The molecule has 2 rings (SSSR count). The summed E-state index contributed by atoms with van der Waals surface area (Å²) < 4.78 is 10.9. The number of carbonyl (C=O) groups excluding carboxylic acids is 1. The number of hydrogen-bond acceptors (Lipinski definition) is 6. The third kappa shape index (κ3) is 5.29. The summed E-state index contributed by atoms with van der Waals surface area (Å²) in [6.45, 7) is 9.97. The van der Waals surface area contributed by atoms with Gasteiger partial charge in [0.15, 0.2) is 0 Å². The highest BCUT2D eigenvalue weighted by Gasteiger charge is 2.36. The predicted octanol–water partition coefficient (Wildman–Crippen LogP) is 2.78. The Morgan fingerprint density at radius 1 is 1.40 bits per heavy atom. The maximum atomic E-state index is 12.3. The van der Waals surface area contributed by atoms with Crippen LogP contribution in [0.25, 0.3) is 0 Å².